The van der Waals surface area contributed by atoms with Crippen LogP contribution in [0.4, 0.5) is 0 Å². The Morgan fingerprint density at radius 1 is 1.22 bits per heavy atom. The third-order valence-electron chi connectivity index (χ3n) is 5.98. The van der Waals surface area contributed by atoms with E-state index in [1.807, 2.05) is 12.3 Å². The van der Waals surface area contributed by atoms with Crippen molar-refractivity contribution in [1.82, 2.24) is 20.0 Å². The topological polar surface area (TPSA) is 48.3 Å². The van der Waals surface area contributed by atoms with Crippen LogP contribution in [0.2, 0.25) is 5.22 Å². The molecule has 122 valence electrons. The molecule has 6 rings (SSSR count). The largest absolute Gasteiger partial charge is 0.443 e. The summed E-state index contributed by atoms with van der Waals surface area (Å²) in [5.41, 5.74) is 2.73. The Morgan fingerprint density at radius 3 is 2.61 bits per heavy atom. The average molecular weight is 333 g/mol. The SMILES string of the molecule is Clc1ccc(-c2[nH]ncc2CN2CCN(C34CC(C3)C4)CC2)o1. The first kappa shape index (κ1) is 14.1. The van der Waals surface area contributed by atoms with Crippen molar-refractivity contribution < 1.29 is 4.42 Å². The second-order valence-electron chi connectivity index (χ2n) is 7.34. The fraction of sp³-hybridized carbons (Fsp3) is 0.588. The van der Waals surface area contributed by atoms with Crippen molar-refractivity contribution in [2.24, 2.45) is 5.92 Å². The molecule has 2 aromatic heterocycles. The van der Waals surface area contributed by atoms with Gasteiger partial charge in [0.05, 0.1) is 6.20 Å². The van der Waals surface area contributed by atoms with Gasteiger partial charge in [-0.25, -0.2) is 0 Å². The molecular formula is C17H21ClN4O. The Balaban J connectivity index is 1.24. The van der Waals surface area contributed by atoms with Gasteiger partial charge >= 0.3 is 0 Å². The highest BCUT2D eigenvalue weighted by atomic mass is 35.5. The normalized spacial score (nSPS) is 30.9. The maximum Gasteiger partial charge on any atom is 0.194 e. The quantitative estimate of drug-likeness (QED) is 0.935. The van der Waals surface area contributed by atoms with Gasteiger partial charge in [-0.3, -0.25) is 14.9 Å². The van der Waals surface area contributed by atoms with Crippen LogP contribution in [-0.2, 0) is 6.54 Å². The molecule has 1 saturated heterocycles. The highest BCUT2D eigenvalue weighted by Gasteiger charge is 2.59. The lowest BCUT2D eigenvalue weighted by atomic mass is 9.49. The summed E-state index contributed by atoms with van der Waals surface area (Å²) in [4.78, 5) is 5.26. The molecule has 0 aromatic carbocycles. The molecule has 4 aliphatic rings. The molecule has 0 atom stereocenters. The molecule has 5 nitrogen and oxygen atoms in total. The molecule has 0 unspecified atom stereocenters. The molecule has 0 spiro atoms. The Morgan fingerprint density at radius 2 is 2.00 bits per heavy atom. The van der Waals surface area contributed by atoms with Crippen LogP contribution >= 0.6 is 11.6 Å². The molecule has 2 bridgehead atoms. The van der Waals surface area contributed by atoms with Gasteiger partial charge in [0.2, 0.25) is 0 Å². The van der Waals surface area contributed by atoms with E-state index < -0.39 is 0 Å². The van der Waals surface area contributed by atoms with Crippen LogP contribution < -0.4 is 0 Å². The fourth-order valence-electron chi connectivity index (χ4n) is 4.53. The lowest BCUT2D eigenvalue weighted by Gasteiger charge is -2.67. The molecule has 2 aromatic rings. The summed E-state index contributed by atoms with van der Waals surface area (Å²) in [6.45, 7) is 5.58. The molecular weight excluding hydrogens is 312 g/mol. The molecule has 0 amide bonds. The summed E-state index contributed by atoms with van der Waals surface area (Å²) in [5.74, 6) is 1.82. The second-order valence-corrected chi connectivity index (χ2v) is 7.71. The van der Waals surface area contributed by atoms with Gasteiger partial charge < -0.3 is 4.42 Å². The van der Waals surface area contributed by atoms with Crippen LogP contribution in [0.1, 0.15) is 24.8 Å². The molecule has 3 aliphatic carbocycles. The van der Waals surface area contributed by atoms with Crippen molar-refractivity contribution in [1.29, 1.82) is 0 Å². The molecule has 4 fully saturated rings. The van der Waals surface area contributed by atoms with Crippen LogP contribution in [0.5, 0.6) is 0 Å². The van der Waals surface area contributed by atoms with Gasteiger partial charge in [-0.2, -0.15) is 5.10 Å². The number of piperazine rings is 1. The van der Waals surface area contributed by atoms with Gasteiger partial charge in [0, 0.05) is 43.8 Å². The van der Waals surface area contributed by atoms with Crippen molar-refractivity contribution >= 4 is 11.6 Å². The zero-order valence-corrected chi connectivity index (χ0v) is 13.9. The van der Waals surface area contributed by atoms with E-state index in [0.717, 1.165) is 37.0 Å². The molecule has 1 aliphatic heterocycles. The standard InChI is InChI=1S/C17H21ClN4O/c18-15-2-1-14(23-15)16-13(10-19-20-16)11-21-3-5-22(6-4-21)17-7-12(8-17)9-17/h1-2,10,12H,3-9,11H2,(H,19,20). The van der Waals surface area contributed by atoms with Gasteiger partial charge in [0.1, 0.15) is 5.69 Å². The number of aromatic nitrogens is 2. The fourth-order valence-corrected chi connectivity index (χ4v) is 4.68. The number of nitrogens with one attached hydrogen (secondary N) is 1. The first-order chi connectivity index (χ1) is 11.2. The smallest absolute Gasteiger partial charge is 0.194 e. The van der Waals surface area contributed by atoms with Gasteiger partial charge in [-0.15, -0.1) is 0 Å². The predicted octanol–water partition coefficient (Wildman–Crippen LogP) is 2.99. The monoisotopic (exact) mass is 332 g/mol. The lowest BCUT2D eigenvalue weighted by Crippen LogP contribution is -2.70. The van der Waals surface area contributed by atoms with Crippen molar-refractivity contribution in [3.05, 3.63) is 29.1 Å². The average Bonchev–Trinajstić information content (AvgIpc) is 3.06. The third kappa shape index (κ3) is 2.25. The van der Waals surface area contributed by atoms with Crippen LogP contribution in [0.25, 0.3) is 11.5 Å². The minimum absolute atomic E-state index is 0.410. The third-order valence-corrected chi connectivity index (χ3v) is 6.18. The summed E-state index contributed by atoms with van der Waals surface area (Å²) in [6, 6.07) is 3.66. The van der Waals surface area contributed by atoms with Gasteiger partial charge in [0.15, 0.2) is 11.0 Å². The van der Waals surface area contributed by atoms with Crippen molar-refractivity contribution in [3.8, 4) is 11.5 Å². The van der Waals surface area contributed by atoms with E-state index in [1.54, 1.807) is 6.07 Å². The molecule has 3 heterocycles. The Bertz CT molecular complexity index is 699. The van der Waals surface area contributed by atoms with Crippen LogP contribution in [0.15, 0.2) is 22.7 Å². The number of H-pyrrole nitrogens is 1. The number of hydrogen-bond donors (Lipinski definition) is 1. The van der Waals surface area contributed by atoms with E-state index in [0.29, 0.717) is 10.8 Å². The number of aromatic amines is 1. The van der Waals surface area contributed by atoms with Gasteiger partial charge in [0.25, 0.3) is 0 Å². The Kier molecular flexibility index (Phi) is 3.12. The number of hydrogen-bond acceptors (Lipinski definition) is 4. The summed E-state index contributed by atoms with van der Waals surface area (Å²) >= 11 is 5.89. The number of furan rings is 1. The summed E-state index contributed by atoms with van der Waals surface area (Å²) in [6.07, 6.45) is 6.27. The number of nitrogens with zero attached hydrogens (tertiary/aromatic N) is 3. The van der Waals surface area contributed by atoms with Crippen molar-refractivity contribution in [2.45, 2.75) is 31.3 Å². The van der Waals surface area contributed by atoms with Crippen LogP contribution in [0, 0.1) is 5.92 Å². The number of rotatable bonds is 4. The molecule has 23 heavy (non-hydrogen) atoms. The summed E-state index contributed by atoms with van der Waals surface area (Å²) < 4.78 is 5.51. The van der Waals surface area contributed by atoms with E-state index in [1.165, 1.54) is 37.9 Å². The predicted molar refractivity (Wildman–Crippen MR) is 88.2 cm³/mol. The summed E-state index contributed by atoms with van der Waals surface area (Å²) in [7, 11) is 0. The second kappa shape index (κ2) is 5.10. The van der Waals surface area contributed by atoms with Crippen LogP contribution in [0.3, 0.4) is 0 Å². The highest BCUT2D eigenvalue weighted by Crippen LogP contribution is 2.60. The molecule has 0 radical (unpaired) electrons. The van der Waals surface area contributed by atoms with E-state index in [-0.39, 0.29) is 0 Å². The first-order valence-corrected chi connectivity index (χ1v) is 8.85. The highest BCUT2D eigenvalue weighted by molar-refractivity contribution is 6.28. The summed E-state index contributed by atoms with van der Waals surface area (Å²) in [5, 5.41) is 7.64. The minimum atomic E-state index is 0.410. The minimum Gasteiger partial charge on any atom is -0.443 e. The maximum absolute atomic E-state index is 5.89. The van der Waals surface area contributed by atoms with E-state index in [9.17, 15) is 0 Å². The zero-order valence-electron chi connectivity index (χ0n) is 13.1. The Hall–Kier alpha value is -1.30. The Labute approximate surface area is 140 Å². The van der Waals surface area contributed by atoms with E-state index in [4.69, 9.17) is 16.0 Å². The lowest BCUT2D eigenvalue weighted by molar-refractivity contribution is -0.155. The van der Waals surface area contributed by atoms with Crippen molar-refractivity contribution in [2.75, 3.05) is 26.2 Å². The van der Waals surface area contributed by atoms with Gasteiger partial charge in [-0.1, -0.05) is 0 Å². The number of halogens is 1. The molecule has 6 heteroatoms. The van der Waals surface area contributed by atoms with E-state index >= 15 is 0 Å². The van der Waals surface area contributed by atoms with E-state index in [2.05, 4.69) is 20.0 Å². The maximum atomic E-state index is 5.89. The zero-order chi connectivity index (χ0) is 15.4. The van der Waals surface area contributed by atoms with Crippen LogP contribution in [-0.4, -0.2) is 51.7 Å². The first-order valence-electron chi connectivity index (χ1n) is 8.47. The van der Waals surface area contributed by atoms with Crippen molar-refractivity contribution in [3.63, 3.8) is 0 Å². The molecule has 1 N–H and O–H groups in total. The molecule has 3 saturated carbocycles. The van der Waals surface area contributed by atoms with Gasteiger partial charge in [-0.05, 0) is 48.9 Å².